The summed E-state index contributed by atoms with van der Waals surface area (Å²) in [5.41, 5.74) is 1.96. The van der Waals surface area contributed by atoms with E-state index >= 15 is 0 Å². The minimum atomic E-state index is 0.0704. The quantitative estimate of drug-likeness (QED) is 0.918. The standard InChI is InChI=1S/C19H21ClN2O2/c1-24-18-7-5-15(6-8-18)14-21-9-11-22(12-10-21)19(23)16-3-2-4-17(20)13-16/h2-8,13H,9-12,14H2,1H3/p+1. The second kappa shape index (κ2) is 7.69. The van der Waals surface area contributed by atoms with Gasteiger partial charge in [0.05, 0.1) is 33.3 Å². The average molecular weight is 346 g/mol. The lowest BCUT2D eigenvalue weighted by atomic mass is 10.1. The van der Waals surface area contributed by atoms with Gasteiger partial charge in [-0.3, -0.25) is 4.79 Å². The molecule has 1 aliphatic heterocycles. The summed E-state index contributed by atoms with van der Waals surface area (Å²) in [7, 11) is 1.68. The van der Waals surface area contributed by atoms with Crippen LogP contribution in [0, 0.1) is 0 Å². The van der Waals surface area contributed by atoms with Gasteiger partial charge in [0.1, 0.15) is 12.3 Å². The zero-order chi connectivity index (χ0) is 16.9. The minimum Gasteiger partial charge on any atom is -0.497 e. The van der Waals surface area contributed by atoms with Crippen molar-refractivity contribution in [1.29, 1.82) is 0 Å². The molecule has 1 fully saturated rings. The molecule has 0 aromatic heterocycles. The van der Waals surface area contributed by atoms with Crippen LogP contribution >= 0.6 is 11.6 Å². The van der Waals surface area contributed by atoms with Crippen molar-refractivity contribution < 1.29 is 14.4 Å². The Morgan fingerprint density at radius 3 is 2.50 bits per heavy atom. The van der Waals surface area contributed by atoms with E-state index in [2.05, 4.69) is 12.1 Å². The molecule has 0 spiro atoms. The first-order valence-corrected chi connectivity index (χ1v) is 8.55. The molecule has 5 heteroatoms. The Bertz CT molecular complexity index is 695. The van der Waals surface area contributed by atoms with Crippen molar-refractivity contribution in [2.45, 2.75) is 6.54 Å². The average Bonchev–Trinajstić information content (AvgIpc) is 2.62. The summed E-state index contributed by atoms with van der Waals surface area (Å²) < 4.78 is 5.19. The number of quaternary nitrogens is 1. The van der Waals surface area contributed by atoms with E-state index in [0.29, 0.717) is 10.6 Å². The van der Waals surface area contributed by atoms with E-state index in [0.717, 1.165) is 38.5 Å². The Morgan fingerprint density at radius 1 is 1.17 bits per heavy atom. The number of amides is 1. The second-order valence-electron chi connectivity index (χ2n) is 6.08. The van der Waals surface area contributed by atoms with Gasteiger partial charge in [0.15, 0.2) is 0 Å². The van der Waals surface area contributed by atoms with Crippen LogP contribution in [0.25, 0.3) is 0 Å². The van der Waals surface area contributed by atoms with Crippen LogP contribution in [0.5, 0.6) is 5.75 Å². The molecule has 1 amide bonds. The number of ether oxygens (including phenoxy) is 1. The van der Waals surface area contributed by atoms with E-state index in [-0.39, 0.29) is 5.91 Å². The number of hydrogen-bond donors (Lipinski definition) is 1. The van der Waals surface area contributed by atoms with Gasteiger partial charge in [-0.2, -0.15) is 0 Å². The molecule has 0 aliphatic carbocycles. The highest BCUT2D eigenvalue weighted by Crippen LogP contribution is 2.13. The molecule has 0 bridgehead atoms. The van der Waals surface area contributed by atoms with Gasteiger partial charge in [0.25, 0.3) is 5.91 Å². The maximum Gasteiger partial charge on any atom is 0.254 e. The van der Waals surface area contributed by atoms with E-state index < -0.39 is 0 Å². The number of halogens is 1. The lowest BCUT2D eigenvalue weighted by Gasteiger charge is -2.32. The molecule has 4 nitrogen and oxygen atoms in total. The molecule has 3 rings (SSSR count). The molecular weight excluding hydrogens is 324 g/mol. The van der Waals surface area contributed by atoms with Crippen LogP contribution in [0.4, 0.5) is 0 Å². The molecule has 0 unspecified atom stereocenters. The normalized spacial score (nSPS) is 15.3. The molecule has 1 aliphatic rings. The van der Waals surface area contributed by atoms with Gasteiger partial charge in [-0.05, 0) is 42.5 Å². The molecule has 126 valence electrons. The highest BCUT2D eigenvalue weighted by atomic mass is 35.5. The molecule has 2 aromatic rings. The third kappa shape index (κ3) is 4.08. The summed E-state index contributed by atoms with van der Waals surface area (Å²) >= 11 is 5.98. The van der Waals surface area contributed by atoms with Gasteiger partial charge in [-0.15, -0.1) is 0 Å². The van der Waals surface area contributed by atoms with Crippen LogP contribution < -0.4 is 9.64 Å². The number of hydrogen-bond acceptors (Lipinski definition) is 2. The molecule has 1 saturated heterocycles. The fourth-order valence-electron chi connectivity index (χ4n) is 3.04. The zero-order valence-corrected chi connectivity index (χ0v) is 14.6. The van der Waals surface area contributed by atoms with E-state index in [1.807, 2.05) is 29.2 Å². The molecule has 2 aromatic carbocycles. The Kier molecular flexibility index (Phi) is 5.38. The van der Waals surface area contributed by atoms with E-state index in [1.54, 1.807) is 19.2 Å². The van der Waals surface area contributed by atoms with E-state index in [4.69, 9.17) is 16.3 Å². The Hall–Kier alpha value is -2.04. The van der Waals surface area contributed by atoms with Crippen LogP contribution in [0.2, 0.25) is 5.02 Å². The number of rotatable bonds is 4. The van der Waals surface area contributed by atoms with Crippen LogP contribution in [-0.4, -0.2) is 44.1 Å². The predicted molar refractivity (Wildman–Crippen MR) is 94.8 cm³/mol. The van der Waals surface area contributed by atoms with Gasteiger partial charge in [-0.25, -0.2) is 0 Å². The smallest absolute Gasteiger partial charge is 0.254 e. The van der Waals surface area contributed by atoms with Crippen molar-refractivity contribution in [2.24, 2.45) is 0 Å². The van der Waals surface area contributed by atoms with Gasteiger partial charge in [0, 0.05) is 16.1 Å². The van der Waals surface area contributed by atoms with E-state index in [9.17, 15) is 4.79 Å². The largest absolute Gasteiger partial charge is 0.497 e. The maximum absolute atomic E-state index is 12.5. The number of nitrogens with one attached hydrogen (secondary N) is 1. The summed E-state index contributed by atoms with van der Waals surface area (Å²) in [4.78, 5) is 15.9. The van der Waals surface area contributed by atoms with Gasteiger partial charge in [-0.1, -0.05) is 17.7 Å². The first-order chi connectivity index (χ1) is 11.7. The summed E-state index contributed by atoms with van der Waals surface area (Å²) in [5, 5.41) is 0.601. The Labute approximate surface area is 147 Å². The lowest BCUT2D eigenvalue weighted by molar-refractivity contribution is -0.917. The van der Waals surface area contributed by atoms with Gasteiger partial charge < -0.3 is 14.5 Å². The fourth-order valence-corrected chi connectivity index (χ4v) is 3.23. The molecule has 0 radical (unpaired) electrons. The van der Waals surface area contributed by atoms with Crippen LogP contribution in [0.15, 0.2) is 48.5 Å². The SMILES string of the molecule is COc1ccc(C[NH+]2CCN(C(=O)c3cccc(Cl)c3)CC2)cc1. The second-order valence-corrected chi connectivity index (χ2v) is 6.51. The maximum atomic E-state index is 12.5. The highest BCUT2D eigenvalue weighted by molar-refractivity contribution is 6.30. The molecule has 24 heavy (non-hydrogen) atoms. The molecular formula is C19H22ClN2O2+. The van der Waals surface area contributed by atoms with Crippen LogP contribution in [0.1, 0.15) is 15.9 Å². The third-order valence-electron chi connectivity index (χ3n) is 4.44. The lowest BCUT2D eigenvalue weighted by Crippen LogP contribution is -3.13. The number of nitrogens with zero attached hydrogens (tertiary/aromatic N) is 1. The molecule has 1 heterocycles. The van der Waals surface area contributed by atoms with Crippen molar-refractivity contribution >= 4 is 17.5 Å². The van der Waals surface area contributed by atoms with Crippen molar-refractivity contribution in [3.63, 3.8) is 0 Å². The molecule has 0 saturated carbocycles. The van der Waals surface area contributed by atoms with Gasteiger partial charge >= 0.3 is 0 Å². The van der Waals surface area contributed by atoms with Crippen LogP contribution in [-0.2, 0) is 6.54 Å². The van der Waals surface area contributed by atoms with Crippen molar-refractivity contribution in [3.05, 3.63) is 64.7 Å². The minimum absolute atomic E-state index is 0.0704. The van der Waals surface area contributed by atoms with E-state index in [1.165, 1.54) is 10.5 Å². The fraction of sp³-hybridized carbons (Fsp3) is 0.316. The number of carbonyl (C=O) groups is 1. The number of methoxy groups -OCH3 is 1. The number of carbonyl (C=O) groups excluding carboxylic acids is 1. The van der Waals surface area contributed by atoms with Crippen LogP contribution in [0.3, 0.4) is 0 Å². The molecule has 0 atom stereocenters. The summed E-state index contributed by atoms with van der Waals surface area (Å²) in [5.74, 6) is 0.951. The summed E-state index contributed by atoms with van der Waals surface area (Å²) in [6.45, 7) is 4.44. The zero-order valence-electron chi connectivity index (χ0n) is 13.8. The first kappa shape index (κ1) is 16.8. The Morgan fingerprint density at radius 2 is 1.88 bits per heavy atom. The predicted octanol–water partition coefficient (Wildman–Crippen LogP) is 1.89. The summed E-state index contributed by atoms with van der Waals surface area (Å²) in [6.07, 6.45) is 0. The number of benzene rings is 2. The highest BCUT2D eigenvalue weighted by Gasteiger charge is 2.24. The van der Waals surface area contributed by atoms with Crippen molar-refractivity contribution in [1.82, 2.24) is 4.90 Å². The monoisotopic (exact) mass is 345 g/mol. The summed E-state index contributed by atoms with van der Waals surface area (Å²) in [6, 6.07) is 15.4. The first-order valence-electron chi connectivity index (χ1n) is 8.17. The van der Waals surface area contributed by atoms with Crippen molar-refractivity contribution in [2.75, 3.05) is 33.3 Å². The molecule has 1 N–H and O–H groups in total. The topological polar surface area (TPSA) is 34.0 Å². The number of piperazine rings is 1. The van der Waals surface area contributed by atoms with Gasteiger partial charge in [0.2, 0.25) is 0 Å². The Balaban J connectivity index is 1.54. The van der Waals surface area contributed by atoms with Crippen molar-refractivity contribution in [3.8, 4) is 5.75 Å². The third-order valence-corrected chi connectivity index (χ3v) is 4.68.